The zero-order valence-electron chi connectivity index (χ0n) is 5.94. The van der Waals surface area contributed by atoms with Crippen LogP contribution in [0.1, 0.15) is 10.4 Å². The lowest BCUT2D eigenvalue weighted by molar-refractivity contribution is 0.0690. The topological polar surface area (TPSA) is 37.3 Å². The Morgan fingerprint density at radius 2 is 2.08 bits per heavy atom. The van der Waals surface area contributed by atoms with Gasteiger partial charge in [-0.15, -0.1) is 0 Å². The van der Waals surface area contributed by atoms with E-state index in [-0.39, 0.29) is 3.57 Å². The van der Waals surface area contributed by atoms with E-state index in [4.69, 9.17) is 16.7 Å². The SMILES string of the molecule is O=C(O)c1c(F)cc(Cl)c(F)c1I. The highest BCUT2D eigenvalue weighted by atomic mass is 127. The summed E-state index contributed by atoms with van der Waals surface area (Å²) in [6.45, 7) is 0. The molecule has 0 heterocycles. The van der Waals surface area contributed by atoms with Crippen molar-refractivity contribution in [3.05, 3.63) is 31.9 Å². The highest BCUT2D eigenvalue weighted by molar-refractivity contribution is 14.1. The highest BCUT2D eigenvalue weighted by Gasteiger charge is 2.20. The van der Waals surface area contributed by atoms with E-state index in [1.165, 1.54) is 22.6 Å². The lowest BCUT2D eigenvalue weighted by atomic mass is 10.2. The van der Waals surface area contributed by atoms with Gasteiger partial charge in [-0.2, -0.15) is 0 Å². The summed E-state index contributed by atoms with van der Waals surface area (Å²) in [5, 5.41) is 8.08. The minimum Gasteiger partial charge on any atom is -0.478 e. The smallest absolute Gasteiger partial charge is 0.339 e. The lowest BCUT2D eigenvalue weighted by Gasteiger charge is -2.03. The van der Waals surface area contributed by atoms with Crippen LogP contribution in [0.4, 0.5) is 8.78 Å². The molecule has 6 heteroatoms. The van der Waals surface area contributed by atoms with Crippen molar-refractivity contribution in [2.24, 2.45) is 0 Å². The average Bonchev–Trinajstić information content (AvgIpc) is 1.99. The van der Waals surface area contributed by atoms with E-state index in [2.05, 4.69) is 0 Å². The number of aromatic carboxylic acids is 1. The van der Waals surface area contributed by atoms with Crippen LogP contribution < -0.4 is 0 Å². The molecule has 1 N–H and O–H groups in total. The van der Waals surface area contributed by atoms with Crippen LogP contribution in [0, 0.1) is 15.2 Å². The van der Waals surface area contributed by atoms with Gasteiger partial charge in [-0.05, 0) is 28.7 Å². The Morgan fingerprint density at radius 1 is 1.54 bits per heavy atom. The van der Waals surface area contributed by atoms with Crippen LogP contribution in [0.25, 0.3) is 0 Å². The zero-order valence-corrected chi connectivity index (χ0v) is 8.86. The van der Waals surface area contributed by atoms with Gasteiger partial charge in [-0.3, -0.25) is 0 Å². The van der Waals surface area contributed by atoms with Crippen molar-refractivity contribution in [1.29, 1.82) is 0 Å². The molecular formula is C7H2ClF2IO2. The second-order valence-electron chi connectivity index (χ2n) is 2.15. The molecule has 0 spiro atoms. The number of rotatable bonds is 1. The van der Waals surface area contributed by atoms with Crippen molar-refractivity contribution >= 4 is 40.2 Å². The number of hydrogen-bond donors (Lipinski definition) is 1. The average molecular weight is 318 g/mol. The second-order valence-corrected chi connectivity index (χ2v) is 3.63. The van der Waals surface area contributed by atoms with Gasteiger partial charge >= 0.3 is 5.97 Å². The fourth-order valence-corrected chi connectivity index (χ4v) is 1.89. The maximum absolute atomic E-state index is 13.0. The molecule has 1 aromatic carbocycles. The number of halogens is 4. The van der Waals surface area contributed by atoms with Crippen LogP contribution in [-0.2, 0) is 0 Å². The molecule has 2 nitrogen and oxygen atoms in total. The Morgan fingerprint density at radius 3 is 2.54 bits per heavy atom. The predicted molar refractivity (Wildman–Crippen MR) is 51.0 cm³/mol. The number of carbonyl (C=O) groups is 1. The van der Waals surface area contributed by atoms with Crippen molar-refractivity contribution in [3.63, 3.8) is 0 Å². The fourth-order valence-electron chi connectivity index (χ4n) is 0.762. The van der Waals surface area contributed by atoms with Gasteiger partial charge in [0.25, 0.3) is 0 Å². The van der Waals surface area contributed by atoms with E-state index < -0.39 is 28.2 Å². The maximum atomic E-state index is 13.0. The van der Waals surface area contributed by atoms with Crippen LogP contribution in [0.3, 0.4) is 0 Å². The van der Waals surface area contributed by atoms with Crippen molar-refractivity contribution in [1.82, 2.24) is 0 Å². The molecule has 0 fully saturated rings. The van der Waals surface area contributed by atoms with Crippen LogP contribution in [0.15, 0.2) is 6.07 Å². The summed E-state index contributed by atoms with van der Waals surface area (Å²) < 4.78 is 25.5. The molecule has 0 atom stereocenters. The van der Waals surface area contributed by atoms with E-state index in [9.17, 15) is 13.6 Å². The molecule has 0 aliphatic carbocycles. The minimum absolute atomic E-state index is 0.324. The fraction of sp³-hybridized carbons (Fsp3) is 0. The summed E-state index contributed by atoms with van der Waals surface area (Å²) >= 11 is 6.67. The molecule has 1 aromatic rings. The van der Waals surface area contributed by atoms with Gasteiger partial charge in [0, 0.05) is 0 Å². The first-order chi connectivity index (χ1) is 5.95. The normalized spacial score (nSPS) is 10.2. The third-order valence-electron chi connectivity index (χ3n) is 1.33. The first-order valence-electron chi connectivity index (χ1n) is 3.01. The largest absolute Gasteiger partial charge is 0.478 e. The molecule has 0 unspecified atom stereocenters. The van der Waals surface area contributed by atoms with Gasteiger partial charge in [0.1, 0.15) is 11.4 Å². The van der Waals surface area contributed by atoms with Crippen molar-refractivity contribution in [2.45, 2.75) is 0 Å². The minimum atomic E-state index is -1.52. The second kappa shape index (κ2) is 3.75. The Hall–Kier alpha value is -0.430. The predicted octanol–water partition coefficient (Wildman–Crippen LogP) is 2.92. The first kappa shape index (κ1) is 10.6. The molecule has 1 rings (SSSR count). The molecule has 0 radical (unpaired) electrons. The van der Waals surface area contributed by atoms with Gasteiger partial charge in [-0.1, -0.05) is 11.6 Å². The van der Waals surface area contributed by atoms with E-state index in [0.29, 0.717) is 6.07 Å². The van der Waals surface area contributed by atoms with Gasteiger partial charge < -0.3 is 5.11 Å². The number of carboxylic acid groups (broad SMARTS) is 1. The molecule has 0 aliphatic rings. The van der Waals surface area contributed by atoms with Crippen molar-refractivity contribution < 1.29 is 18.7 Å². The highest BCUT2D eigenvalue weighted by Crippen LogP contribution is 2.26. The standard InChI is InChI=1S/C7H2ClF2IO2/c8-2-1-3(9)4(7(12)13)6(11)5(2)10/h1H,(H,12,13). The summed E-state index contributed by atoms with van der Waals surface area (Å²) in [6.07, 6.45) is 0. The van der Waals surface area contributed by atoms with Crippen molar-refractivity contribution in [3.8, 4) is 0 Å². The molecule has 70 valence electrons. The van der Waals surface area contributed by atoms with Gasteiger partial charge in [-0.25, -0.2) is 13.6 Å². The molecule has 0 aromatic heterocycles. The maximum Gasteiger partial charge on any atom is 0.339 e. The van der Waals surface area contributed by atoms with Crippen LogP contribution in [0.2, 0.25) is 5.02 Å². The van der Waals surface area contributed by atoms with Crippen LogP contribution >= 0.6 is 34.2 Å². The van der Waals surface area contributed by atoms with E-state index in [1.54, 1.807) is 0 Å². The molecule has 0 amide bonds. The van der Waals surface area contributed by atoms with Gasteiger partial charge in [0.05, 0.1) is 8.59 Å². The first-order valence-corrected chi connectivity index (χ1v) is 4.47. The van der Waals surface area contributed by atoms with E-state index in [1.807, 2.05) is 0 Å². The van der Waals surface area contributed by atoms with Crippen LogP contribution in [-0.4, -0.2) is 11.1 Å². The Labute approximate surface area is 90.6 Å². The molecule has 0 aliphatic heterocycles. The Kier molecular flexibility index (Phi) is 3.07. The molecule has 0 saturated heterocycles. The molecular weight excluding hydrogens is 316 g/mol. The summed E-state index contributed by atoms with van der Waals surface area (Å²) in [6, 6.07) is 0.641. The Bertz CT molecular complexity index is 381. The van der Waals surface area contributed by atoms with Gasteiger partial charge in [0.2, 0.25) is 0 Å². The summed E-state index contributed by atoms with van der Waals surface area (Å²) in [7, 11) is 0. The van der Waals surface area contributed by atoms with E-state index in [0.717, 1.165) is 0 Å². The number of carboxylic acids is 1. The molecule has 13 heavy (non-hydrogen) atoms. The third kappa shape index (κ3) is 1.91. The summed E-state index contributed by atoms with van der Waals surface area (Å²) in [4.78, 5) is 10.5. The molecule has 0 bridgehead atoms. The van der Waals surface area contributed by atoms with Crippen LogP contribution in [0.5, 0.6) is 0 Å². The lowest BCUT2D eigenvalue weighted by Crippen LogP contribution is -2.06. The number of hydrogen-bond acceptors (Lipinski definition) is 1. The molecule has 0 saturated carbocycles. The number of benzene rings is 1. The van der Waals surface area contributed by atoms with Gasteiger partial charge in [0.15, 0.2) is 5.82 Å². The zero-order chi connectivity index (χ0) is 10.2. The third-order valence-corrected chi connectivity index (χ3v) is 2.62. The summed E-state index contributed by atoms with van der Waals surface area (Å²) in [5.74, 6) is -3.47. The quantitative estimate of drug-likeness (QED) is 0.491. The monoisotopic (exact) mass is 318 g/mol. The van der Waals surface area contributed by atoms with Crippen molar-refractivity contribution in [2.75, 3.05) is 0 Å². The Balaban J connectivity index is 3.53. The summed E-state index contributed by atoms with van der Waals surface area (Å²) in [5.41, 5.74) is -0.692. The van der Waals surface area contributed by atoms with E-state index >= 15 is 0 Å².